The Morgan fingerprint density at radius 3 is 1.22 bits per heavy atom. The van der Waals surface area contributed by atoms with Gasteiger partial charge in [-0.05, 0) is 141 Å². The first kappa shape index (κ1) is 89.2. The van der Waals surface area contributed by atoms with E-state index in [0.29, 0.717) is 54.9 Å². The number of hydrogen-bond acceptors (Lipinski definition) is 25. The lowest BCUT2D eigenvalue weighted by atomic mass is 9.75. The summed E-state index contributed by atoms with van der Waals surface area (Å²) in [4.78, 5) is 76.9. The number of unbranched alkanes of at least 4 members (excludes halogenated alkanes) is 3. The molecular formula is C65H85N4O21S7+. The maximum Gasteiger partial charge on any atom is 0.425 e. The van der Waals surface area contributed by atoms with E-state index in [1.165, 1.54) is 27.9 Å². The lowest BCUT2D eigenvalue weighted by Gasteiger charge is -2.26. The van der Waals surface area contributed by atoms with Crippen molar-refractivity contribution in [3.05, 3.63) is 93.2 Å². The number of hydrogen-bond donors (Lipinski definition) is 1. The molecule has 532 valence electrons. The summed E-state index contributed by atoms with van der Waals surface area (Å²) in [7, 11) is -15.6. The van der Waals surface area contributed by atoms with Crippen LogP contribution in [0, 0.1) is 0 Å². The Balaban J connectivity index is 0.00000148. The summed E-state index contributed by atoms with van der Waals surface area (Å²) in [6.07, 6.45) is 12.5. The molecule has 97 heavy (non-hydrogen) atoms. The van der Waals surface area contributed by atoms with Crippen LogP contribution in [0.1, 0.15) is 246 Å². The molecule has 0 saturated heterocycles. The molecular weight excluding hydrogens is 1400 g/mol. The van der Waals surface area contributed by atoms with Crippen LogP contribution in [0.2, 0.25) is 0 Å². The second-order valence-corrected chi connectivity index (χ2v) is 26.0. The monoisotopic (exact) mass is 1480 g/mol. The van der Waals surface area contributed by atoms with Crippen molar-refractivity contribution < 1.29 is 96.8 Å². The van der Waals surface area contributed by atoms with E-state index >= 15 is 0 Å². The molecule has 0 aliphatic carbocycles. The van der Waals surface area contributed by atoms with Gasteiger partial charge >= 0.3 is 59.0 Å². The fourth-order valence-electron chi connectivity index (χ4n) is 11.2. The van der Waals surface area contributed by atoms with Crippen LogP contribution in [0.25, 0.3) is 42.4 Å². The predicted molar refractivity (Wildman–Crippen MR) is 372 cm³/mol. The number of thiophene rings is 2. The number of aliphatic imine (C=N–C) groups is 1. The SMILES string of the molecule is C.C.CCCC(=O)c1cc(-c2cc3c(c4ccsc24)N=C(C)C3(C)CCC)cc(C(=O)CCC)n1.CCCCC(=O)c1cc(-c2cc3c(c4ccsc24)[N+](CCCCCC(=O)O)=C(C)C3(C)CCC)cc(C(=O)CCC)n1.O=S(=O)=O.O=S(=O)=O.O=S(=O)=O.O=S(=O)=O.O=S(=O)=O. The zero-order valence-electron chi connectivity index (χ0n) is 54.3. The third-order valence-corrected chi connectivity index (χ3v) is 17.4. The Hall–Kier alpha value is -7.75. The van der Waals surface area contributed by atoms with E-state index < -0.39 is 59.0 Å². The molecule has 0 fully saturated rings. The number of fused-ring (bicyclic) bond motifs is 6. The molecule has 6 heterocycles. The number of benzene rings is 2. The zero-order chi connectivity index (χ0) is 72.1. The number of carbonyl (C=O) groups excluding carboxylic acids is 4. The number of Topliss-reactive ketones (excluding diaryl/α,β-unsaturated/α-hetero) is 4. The van der Waals surface area contributed by atoms with Gasteiger partial charge in [0.2, 0.25) is 5.69 Å². The number of carboxylic acid groups (broad SMARTS) is 1. The number of nitrogens with zero attached hydrogens (tertiary/aromatic N) is 4. The Bertz CT molecular complexity index is 4240. The quantitative estimate of drug-likeness (QED) is 0.0316. The van der Waals surface area contributed by atoms with E-state index in [4.69, 9.17) is 73.2 Å². The van der Waals surface area contributed by atoms with Crippen LogP contribution in [0.3, 0.4) is 0 Å². The van der Waals surface area contributed by atoms with Crippen LogP contribution < -0.4 is 0 Å². The van der Waals surface area contributed by atoms with Crippen molar-refractivity contribution in [1.29, 1.82) is 0 Å². The standard InChI is InChI=1S/C35H44N2O4S.C28H32N2O2S.2CH4.5O3S/c1-6-9-14-31(39)29-21-24(20-28(36-29)30(38)13-7-2)26-22-27-33(25-16-19-42-34(25)26)37(18-12-10-11-15-32(40)41)23(4)35(27,5)17-8-3;1-6-9-24(31)22-14-18(15-23(30-22)25(32)10-7-2)20-16-21-26(19-11-13-33-27(19)20)29-17(4)28(21,5)12-8-3;;;5*1-4(2)3/h16,19-22H,6-15,17-18H2,1-5H3;11,13-16H,6-10,12H2,1-5H3;2*1H4;;;;;/p+1. The number of ketones is 4. The van der Waals surface area contributed by atoms with Gasteiger partial charge in [-0.2, -0.15) is 4.58 Å². The lowest BCUT2D eigenvalue weighted by Crippen LogP contribution is -2.30. The van der Waals surface area contributed by atoms with Gasteiger partial charge in [-0.15, -0.1) is 85.8 Å². The highest BCUT2D eigenvalue weighted by atomic mass is 32.2. The molecule has 2 aliphatic heterocycles. The summed E-state index contributed by atoms with van der Waals surface area (Å²) < 4.78 is 131. The van der Waals surface area contributed by atoms with Crippen LogP contribution in [0.15, 0.2) is 64.3 Å². The molecule has 0 radical (unpaired) electrons. The highest BCUT2D eigenvalue weighted by molar-refractivity contribution is 7.59. The molecule has 0 spiro atoms. The summed E-state index contributed by atoms with van der Waals surface area (Å²) >= 11 is 3.37. The number of aliphatic carboxylic acids is 1. The molecule has 0 bridgehead atoms. The van der Waals surface area contributed by atoms with Crippen LogP contribution in [0.4, 0.5) is 11.4 Å². The van der Waals surface area contributed by atoms with Gasteiger partial charge in [-0.25, -0.2) is 9.97 Å². The molecule has 4 aromatic heterocycles. The van der Waals surface area contributed by atoms with Crippen LogP contribution in [-0.4, -0.2) is 130 Å². The maximum atomic E-state index is 13.2. The summed E-state index contributed by atoms with van der Waals surface area (Å²) in [6, 6.07) is 16.4. The van der Waals surface area contributed by atoms with Crippen molar-refractivity contribution in [1.82, 2.24) is 9.97 Å². The number of carbonyl (C=O) groups is 5. The molecule has 8 rings (SSSR count). The highest BCUT2D eigenvalue weighted by Crippen LogP contribution is 2.52. The first-order valence-corrected chi connectivity index (χ1v) is 36.9. The minimum Gasteiger partial charge on any atom is -0.481 e. The third kappa shape index (κ3) is 26.5. The van der Waals surface area contributed by atoms with Crippen LogP contribution in [-0.2, 0) is 68.7 Å². The van der Waals surface area contributed by atoms with E-state index in [2.05, 4.69) is 98.0 Å². The molecule has 32 heteroatoms. The van der Waals surface area contributed by atoms with E-state index in [0.717, 1.165) is 126 Å². The van der Waals surface area contributed by atoms with Crippen LogP contribution >= 0.6 is 22.7 Å². The molecule has 0 amide bonds. The Morgan fingerprint density at radius 2 is 0.835 bits per heavy atom. The van der Waals surface area contributed by atoms with Crippen molar-refractivity contribution >= 4 is 148 Å². The van der Waals surface area contributed by atoms with Gasteiger partial charge in [0.15, 0.2) is 28.8 Å². The number of rotatable bonds is 25. The van der Waals surface area contributed by atoms with Crippen molar-refractivity contribution in [3.63, 3.8) is 0 Å². The van der Waals surface area contributed by atoms with Gasteiger partial charge in [-0.1, -0.05) is 82.6 Å². The van der Waals surface area contributed by atoms with Gasteiger partial charge in [0.1, 0.15) is 29.3 Å². The number of pyridine rings is 2. The summed E-state index contributed by atoms with van der Waals surface area (Å²) in [5.74, 6) is -0.798. The average Bonchev–Trinajstić information content (AvgIpc) is 1.59. The largest absolute Gasteiger partial charge is 0.481 e. The summed E-state index contributed by atoms with van der Waals surface area (Å²) in [5, 5.41) is 15.6. The number of carboxylic acids is 1. The molecule has 2 atom stereocenters. The second kappa shape index (κ2) is 43.5. The molecule has 1 N–H and O–H groups in total. The van der Waals surface area contributed by atoms with Gasteiger partial charge < -0.3 is 5.11 Å². The topological polar surface area (TPSA) is 403 Å². The predicted octanol–water partition coefficient (Wildman–Crippen LogP) is 13.5. The molecule has 6 aromatic rings. The van der Waals surface area contributed by atoms with Gasteiger partial charge in [-0.3, -0.25) is 29.0 Å². The van der Waals surface area contributed by atoms with E-state index in [1.54, 1.807) is 22.7 Å². The minimum absolute atomic E-state index is 0. The summed E-state index contributed by atoms with van der Waals surface area (Å²) in [5.41, 5.74) is 12.5. The van der Waals surface area contributed by atoms with Gasteiger partial charge in [0.25, 0.3) is 0 Å². The summed E-state index contributed by atoms with van der Waals surface area (Å²) in [6.45, 7) is 22.3. The minimum atomic E-state index is -3.11. The normalized spacial score (nSPS) is 14.2. The average molecular weight is 1480 g/mol. The second-order valence-electron chi connectivity index (χ2n) is 22.1. The highest BCUT2D eigenvalue weighted by Gasteiger charge is 2.47. The molecule has 2 unspecified atom stereocenters. The molecule has 2 aliphatic rings. The Kier molecular flexibility index (Phi) is 40.0. The van der Waals surface area contributed by atoms with Crippen molar-refractivity contribution in [2.45, 2.75) is 204 Å². The first-order chi connectivity index (χ1) is 44.6. The number of aromatic nitrogens is 2. The molecule has 0 saturated carbocycles. The molecule has 25 nitrogen and oxygen atoms in total. The van der Waals surface area contributed by atoms with Crippen molar-refractivity contribution in [2.75, 3.05) is 6.54 Å². The van der Waals surface area contributed by atoms with E-state index in [1.807, 2.05) is 45.0 Å². The third-order valence-electron chi connectivity index (χ3n) is 15.5. The van der Waals surface area contributed by atoms with Crippen molar-refractivity contribution in [3.8, 4) is 22.3 Å². The smallest absolute Gasteiger partial charge is 0.425 e. The molecule has 2 aromatic carbocycles. The van der Waals surface area contributed by atoms with Crippen LogP contribution in [0.5, 0.6) is 0 Å². The Morgan fingerprint density at radius 1 is 0.464 bits per heavy atom. The lowest BCUT2D eigenvalue weighted by molar-refractivity contribution is -0.438. The van der Waals surface area contributed by atoms with Gasteiger partial charge in [0.05, 0.1) is 16.5 Å². The Labute approximate surface area is 581 Å². The fourth-order valence-corrected chi connectivity index (χ4v) is 13.1. The first-order valence-electron chi connectivity index (χ1n) is 30.2. The fraction of sp³-hybridized carbons (Fsp3) is 0.492. The maximum absolute atomic E-state index is 13.2. The van der Waals surface area contributed by atoms with Crippen molar-refractivity contribution in [2.24, 2.45) is 4.99 Å². The zero-order valence-corrected chi connectivity index (χ0v) is 60.0. The van der Waals surface area contributed by atoms with E-state index in [9.17, 15) is 24.0 Å². The van der Waals surface area contributed by atoms with E-state index in [-0.39, 0.29) is 55.2 Å². The van der Waals surface area contributed by atoms with Gasteiger partial charge in [0, 0.05) is 88.1 Å².